The Kier molecular flexibility index (Phi) is 6.05. The van der Waals surface area contributed by atoms with Crippen molar-refractivity contribution in [2.24, 2.45) is 0 Å². The number of aromatic hydroxyl groups is 1. The summed E-state index contributed by atoms with van der Waals surface area (Å²) in [6.45, 7) is 1.08. The summed E-state index contributed by atoms with van der Waals surface area (Å²) in [6.07, 6.45) is -1.41. The van der Waals surface area contributed by atoms with Crippen LogP contribution in [0.5, 0.6) is 5.75 Å². The molecule has 0 unspecified atom stereocenters. The number of carbonyl (C=O) groups excluding carboxylic acids is 1. The molecule has 0 saturated heterocycles. The van der Waals surface area contributed by atoms with Gasteiger partial charge in [0.05, 0.1) is 30.9 Å². The molecule has 9 heteroatoms. The Morgan fingerprint density at radius 1 is 1.17 bits per heavy atom. The largest absolute Gasteiger partial charge is 0.547 e. The number of carboxylic acids is 3. The molecule has 0 amide bonds. The molecule has 1 aliphatic heterocycles. The highest BCUT2D eigenvalue weighted by molar-refractivity contribution is 5.86. The first-order valence-electron chi connectivity index (χ1n) is 6.67. The first-order chi connectivity index (χ1) is 10.7. The Labute approximate surface area is 130 Å². The summed E-state index contributed by atoms with van der Waals surface area (Å²) in [7, 11) is 0. The Morgan fingerprint density at radius 3 is 2.17 bits per heavy atom. The van der Waals surface area contributed by atoms with Crippen LogP contribution in [-0.4, -0.2) is 50.5 Å². The molecule has 0 atom stereocenters. The quantitative estimate of drug-likeness (QED) is 0.371. The minimum atomic E-state index is -2.85. The lowest BCUT2D eigenvalue weighted by molar-refractivity contribution is -0.561. The van der Waals surface area contributed by atoms with Gasteiger partial charge >= 0.3 is 11.9 Å². The van der Waals surface area contributed by atoms with Crippen molar-refractivity contribution in [2.75, 3.05) is 6.54 Å². The first kappa shape index (κ1) is 18.4. The molecular weight excluding hydrogens is 310 g/mol. The van der Waals surface area contributed by atoms with Crippen LogP contribution in [0.4, 0.5) is 5.69 Å². The summed E-state index contributed by atoms with van der Waals surface area (Å²) < 4.78 is 0. The van der Waals surface area contributed by atoms with Crippen LogP contribution in [0.2, 0.25) is 0 Å². The number of phenolic OH excluding ortho intramolecular Hbond substituents is 1. The van der Waals surface area contributed by atoms with E-state index >= 15 is 0 Å². The number of nitrogens with two attached hydrogens (primary N) is 1. The van der Waals surface area contributed by atoms with Gasteiger partial charge in [0.2, 0.25) is 0 Å². The van der Waals surface area contributed by atoms with E-state index in [9.17, 15) is 24.6 Å². The van der Waals surface area contributed by atoms with Gasteiger partial charge in [-0.2, -0.15) is 0 Å². The summed E-state index contributed by atoms with van der Waals surface area (Å²) in [4.78, 5) is 30.3. The second-order valence-corrected chi connectivity index (χ2v) is 5.05. The smallest absolute Gasteiger partial charge is 0.306 e. The van der Waals surface area contributed by atoms with E-state index in [0.29, 0.717) is 5.75 Å². The number of carbonyl (C=O) groups is 3. The molecule has 0 spiro atoms. The number of quaternary nitrogens is 1. The standard InChI is InChI=1S/C8H9NO.C6H8O7/c10-8-3-1-2-7-6(8)4-5-9-7;7-3(8)1-6(13,5(11)12)2-4(9)10/h1-3,9-10H,4-5H2;13H,1-2H2,(H,7,8)(H,9,10)(H,11,12). The summed E-state index contributed by atoms with van der Waals surface area (Å²) in [5.41, 5.74) is -0.528. The maximum Gasteiger partial charge on any atom is 0.306 e. The molecule has 1 aromatic rings. The van der Waals surface area contributed by atoms with Crippen molar-refractivity contribution in [3.8, 4) is 5.75 Å². The molecule has 9 nitrogen and oxygen atoms in total. The van der Waals surface area contributed by atoms with E-state index in [2.05, 4.69) is 5.32 Å². The van der Waals surface area contributed by atoms with Crippen molar-refractivity contribution < 1.29 is 45.2 Å². The van der Waals surface area contributed by atoms with Crippen LogP contribution in [0.25, 0.3) is 0 Å². The third-order valence-electron chi connectivity index (χ3n) is 3.21. The molecule has 1 heterocycles. The Morgan fingerprint density at radius 2 is 1.74 bits per heavy atom. The monoisotopic (exact) mass is 327 g/mol. The number of benzene rings is 1. The highest BCUT2D eigenvalue weighted by Gasteiger charge is 2.34. The predicted molar refractivity (Wildman–Crippen MR) is 72.7 cm³/mol. The maximum absolute atomic E-state index is 10.2. The van der Waals surface area contributed by atoms with Crippen LogP contribution in [0.15, 0.2) is 18.2 Å². The normalized spacial score (nSPS) is 12.7. The van der Waals surface area contributed by atoms with Crippen molar-refractivity contribution in [1.82, 2.24) is 0 Å². The Bertz CT molecular complexity index is 597. The fourth-order valence-electron chi connectivity index (χ4n) is 2.13. The second-order valence-electron chi connectivity index (χ2n) is 5.05. The maximum atomic E-state index is 10.2. The zero-order valence-electron chi connectivity index (χ0n) is 12.1. The van der Waals surface area contributed by atoms with Crippen molar-refractivity contribution >= 4 is 23.6 Å². The summed E-state index contributed by atoms with van der Waals surface area (Å²) in [5.74, 6) is -4.90. The molecule has 0 radical (unpaired) electrons. The minimum absolute atomic E-state index is 0.450. The number of hydrogen-bond donors (Lipinski definition) is 5. The van der Waals surface area contributed by atoms with Gasteiger partial charge in [0, 0.05) is 6.42 Å². The number of hydrogen-bond acceptors (Lipinski definition) is 6. The van der Waals surface area contributed by atoms with E-state index < -0.39 is 36.4 Å². The zero-order chi connectivity index (χ0) is 17.6. The van der Waals surface area contributed by atoms with Gasteiger partial charge in [0.1, 0.15) is 17.0 Å². The van der Waals surface area contributed by atoms with Gasteiger partial charge in [-0.05, 0) is 12.1 Å². The van der Waals surface area contributed by atoms with Crippen LogP contribution in [0.1, 0.15) is 18.4 Å². The van der Waals surface area contributed by atoms with Crippen LogP contribution in [0, 0.1) is 0 Å². The van der Waals surface area contributed by atoms with E-state index in [4.69, 9.17) is 15.3 Å². The third kappa shape index (κ3) is 5.24. The molecule has 0 fully saturated rings. The fraction of sp³-hybridized carbons (Fsp3) is 0.357. The van der Waals surface area contributed by atoms with Crippen LogP contribution >= 0.6 is 0 Å². The highest BCUT2D eigenvalue weighted by Crippen LogP contribution is 2.24. The lowest BCUT2D eigenvalue weighted by atomic mass is 9.96. The fourth-order valence-corrected chi connectivity index (χ4v) is 2.13. The molecule has 6 N–H and O–H groups in total. The van der Waals surface area contributed by atoms with Crippen molar-refractivity contribution in [1.29, 1.82) is 0 Å². The topological polar surface area (TPSA) is 172 Å². The average Bonchev–Trinajstić information content (AvgIpc) is 2.87. The number of fused-ring (bicyclic) bond motifs is 1. The highest BCUT2D eigenvalue weighted by atomic mass is 16.4. The second kappa shape index (κ2) is 7.56. The van der Waals surface area contributed by atoms with E-state index in [1.807, 2.05) is 12.1 Å². The summed E-state index contributed by atoms with van der Waals surface area (Å²) >= 11 is 0. The summed E-state index contributed by atoms with van der Waals surface area (Å²) in [5, 5.41) is 47.0. The molecule has 0 bridgehead atoms. The molecule has 0 aromatic heterocycles. The van der Waals surface area contributed by atoms with Gasteiger partial charge < -0.3 is 35.6 Å². The predicted octanol–water partition coefficient (Wildman–Crippen LogP) is -2.44. The van der Waals surface area contributed by atoms with Gasteiger partial charge in [-0.1, -0.05) is 6.07 Å². The van der Waals surface area contributed by atoms with Gasteiger partial charge in [0.15, 0.2) is 0 Å². The number of aliphatic carboxylic acids is 3. The first-order valence-corrected chi connectivity index (χ1v) is 6.67. The number of phenols is 1. The number of rotatable bonds is 5. The minimum Gasteiger partial charge on any atom is -0.547 e. The molecule has 2 rings (SSSR count). The van der Waals surface area contributed by atoms with Crippen LogP contribution in [0.3, 0.4) is 0 Å². The summed E-state index contributed by atoms with van der Waals surface area (Å²) in [6, 6.07) is 5.68. The average molecular weight is 327 g/mol. The molecule has 1 aliphatic rings. The Hall–Kier alpha value is -2.65. The van der Waals surface area contributed by atoms with Crippen molar-refractivity contribution in [3.63, 3.8) is 0 Å². The molecule has 126 valence electrons. The molecule has 23 heavy (non-hydrogen) atoms. The van der Waals surface area contributed by atoms with Crippen molar-refractivity contribution in [2.45, 2.75) is 24.9 Å². The van der Waals surface area contributed by atoms with Gasteiger partial charge in [-0.15, -0.1) is 0 Å². The van der Waals surface area contributed by atoms with Gasteiger partial charge in [-0.3, -0.25) is 9.59 Å². The Balaban J connectivity index is 0.000000235. The molecular formula is C14H17NO8. The molecule has 0 saturated carbocycles. The van der Waals surface area contributed by atoms with Gasteiger partial charge in [-0.25, -0.2) is 0 Å². The van der Waals surface area contributed by atoms with E-state index in [-0.39, 0.29) is 0 Å². The van der Waals surface area contributed by atoms with Crippen molar-refractivity contribution in [3.05, 3.63) is 23.8 Å². The molecule has 0 aliphatic carbocycles. The third-order valence-corrected chi connectivity index (χ3v) is 3.21. The van der Waals surface area contributed by atoms with E-state index in [1.165, 1.54) is 5.69 Å². The van der Waals surface area contributed by atoms with Crippen LogP contribution in [-0.2, 0) is 20.8 Å². The number of aliphatic hydroxyl groups is 1. The number of carboxylic acid groups (broad SMARTS) is 3. The zero-order valence-corrected chi connectivity index (χ0v) is 12.1. The van der Waals surface area contributed by atoms with E-state index in [1.54, 1.807) is 6.07 Å². The lowest BCUT2D eigenvalue weighted by Crippen LogP contribution is -2.75. The van der Waals surface area contributed by atoms with E-state index in [0.717, 1.165) is 18.5 Å². The lowest BCUT2D eigenvalue weighted by Gasteiger charge is -2.25. The molecule has 1 aromatic carbocycles. The van der Waals surface area contributed by atoms with Gasteiger partial charge in [0.25, 0.3) is 0 Å². The SMILES string of the molecule is O=C(O)CC(O)(CC(=O)O)C(=O)[O-].Oc1cccc2c1CC[NH2+]2. The van der Waals surface area contributed by atoms with Crippen LogP contribution < -0.4 is 10.4 Å².